The minimum absolute atomic E-state index is 0.574. The summed E-state index contributed by atoms with van der Waals surface area (Å²) < 4.78 is 5.64. The van der Waals surface area contributed by atoms with E-state index in [0.717, 1.165) is 31.0 Å². The van der Waals surface area contributed by atoms with Gasteiger partial charge in [-0.2, -0.15) is 0 Å². The summed E-state index contributed by atoms with van der Waals surface area (Å²) >= 11 is 1.77. The molecule has 2 heterocycles. The van der Waals surface area contributed by atoms with Gasteiger partial charge in [-0.05, 0) is 30.5 Å². The van der Waals surface area contributed by atoms with Gasteiger partial charge in [-0.3, -0.25) is 4.98 Å². The first-order valence-electron chi connectivity index (χ1n) is 6.17. The Balaban J connectivity index is 1.74. The van der Waals surface area contributed by atoms with Crippen LogP contribution >= 0.6 is 11.3 Å². The number of rotatable bonds is 7. The van der Waals surface area contributed by atoms with Crippen molar-refractivity contribution in [3.8, 4) is 0 Å². The Morgan fingerprint density at radius 1 is 1.39 bits per heavy atom. The number of thiophene rings is 1. The van der Waals surface area contributed by atoms with Crippen LogP contribution in [-0.2, 0) is 17.8 Å². The van der Waals surface area contributed by atoms with Gasteiger partial charge in [0.05, 0.1) is 18.9 Å². The zero-order valence-electron chi connectivity index (χ0n) is 10.6. The summed E-state index contributed by atoms with van der Waals surface area (Å²) in [6.45, 7) is 4.32. The van der Waals surface area contributed by atoms with Gasteiger partial charge in [0.1, 0.15) is 0 Å². The average Bonchev–Trinajstić information content (AvgIpc) is 2.89. The van der Waals surface area contributed by atoms with Gasteiger partial charge in [-0.25, -0.2) is 0 Å². The van der Waals surface area contributed by atoms with Gasteiger partial charge >= 0.3 is 0 Å². The molecule has 0 saturated carbocycles. The maximum Gasteiger partial charge on any atom is 0.0888 e. The van der Waals surface area contributed by atoms with Crippen LogP contribution in [-0.4, -0.2) is 18.1 Å². The number of aromatic nitrogens is 1. The third-order valence-corrected chi connectivity index (χ3v) is 3.46. The minimum Gasteiger partial charge on any atom is -0.385 e. The lowest BCUT2D eigenvalue weighted by Crippen LogP contribution is -2.02. The monoisotopic (exact) mass is 262 g/mol. The van der Waals surface area contributed by atoms with Crippen LogP contribution in [0.2, 0.25) is 0 Å². The van der Waals surface area contributed by atoms with Crippen LogP contribution in [0.1, 0.15) is 17.5 Å². The number of nitrogens with zero attached hydrogens (tertiary/aromatic N) is 1. The fraction of sp³-hybridized carbons (Fsp3) is 0.357. The molecule has 0 atom stereocenters. The van der Waals surface area contributed by atoms with Crippen LogP contribution in [0.3, 0.4) is 0 Å². The van der Waals surface area contributed by atoms with Crippen LogP contribution < -0.4 is 5.32 Å². The molecule has 2 aromatic rings. The predicted octanol–water partition coefficient (Wildman–Crippen LogP) is 3.33. The molecule has 1 N–H and O–H groups in total. The zero-order chi connectivity index (χ0) is 12.6. The normalized spacial score (nSPS) is 10.5. The van der Waals surface area contributed by atoms with Gasteiger partial charge in [0, 0.05) is 29.7 Å². The van der Waals surface area contributed by atoms with Gasteiger partial charge in [0.15, 0.2) is 0 Å². The van der Waals surface area contributed by atoms with Crippen LogP contribution in [0.4, 0.5) is 5.69 Å². The second-order valence-electron chi connectivity index (χ2n) is 3.95. The van der Waals surface area contributed by atoms with Crippen molar-refractivity contribution in [3.05, 3.63) is 46.4 Å². The van der Waals surface area contributed by atoms with Crippen LogP contribution in [0.15, 0.2) is 35.8 Å². The van der Waals surface area contributed by atoms with Crippen molar-refractivity contribution in [2.24, 2.45) is 0 Å². The van der Waals surface area contributed by atoms with Gasteiger partial charge in [-0.1, -0.05) is 6.07 Å². The molecule has 0 unspecified atom stereocenters. The Morgan fingerprint density at radius 2 is 2.33 bits per heavy atom. The predicted molar refractivity (Wildman–Crippen MR) is 76.1 cm³/mol. The lowest BCUT2D eigenvalue weighted by molar-refractivity contribution is 0.121. The van der Waals surface area contributed by atoms with E-state index in [-0.39, 0.29) is 0 Å². The van der Waals surface area contributed by atoms with E-state index in [1.54, 1.807) is 11.3 Å². The Hall–Kier alpha value is -1.39. The molecule has 2 rings (SSSR count). The Bertz CT molecular complexity index is 457. The van der Waals surface area contributed by atoms with E-state index in [1.807, 2.05) is 18.3 Å². The van der Waals surface area contributed by atoms with E-state index in [4.69, 9.17) is 4.74 Å². The van der Waals surface area contributed by atoms with Gasteiger partial charge < -0.3 is 10.1 Å². The van der Waals surface area contributed by atoms with Crippen molar-refractivity contribution >= 4 is 17.0 Å². The highest BCUT2D eigenvalue weighted by atomic mass is 32.1. The van der Waals surface area contributed by atoms with E-state index in [2.05, 4.69) is 34.7 Å². The van der Waals surface area contributed by atoms with Gasteiger partial charge in [-0.15, -0.1) is 11.3 Å². The summed E-state index contributed by atoms with van der Waals surface area (Å²) in [6, 6.07) is 8.22. The van der Waals surface area contributed by atoms with Gasteiger partial charge in [0.2, 0.25) is 0 Å². The molecule has 0 saturated heterocycles. The highest BCUT2D eigenvalue weighted by Gasteiger charge is 1.98. The topological polar surface area (TPSA) is 34.2 Å². The first-order valence-corrected chi connectivity index (χ1v) is 7.05. The highest BCUT2D eigenvalue weighted by molar-refractivity contribution is 7.09. The summed E-state index contributed by atoms with van der Waals surface area (Å²) in [7, 11) is 0. The molecule has 3 nitrogen and oxygen atoms in total. The number of ether oxygens (including phenoxy) is 1. The number of anilines is 1. The van der Waals surface area contributed by atoms with E-state index in [0.29, 0.717) is 6.61 Å². The second-order valence-corrected chi connectivity index (χ2v) is 4.98. The van der Waals surface area contributed by atoms with Crippen LogP contribution in [0.5, 0.6) is 0 Å². The average molecular weight is 262 g/mol. The third-order valence-electron chi connectivity index (χ3n) is 2.52. The van der Waals surface area contributed by atoms with E-state index >= 15 is 0 Å². The van der Waals surface area contributed by atoms with E-state index in [9.17, 15) is 0 Å². The minimum atomic E-state index is 0.574. The van der Waals surface area contributed by atoms with E-state index in [1.165, 1.54) is 4.88 Å². The first-order chi connectivity index (χ1) is 8.88. The molecular formula is C14H18N2OS. The van der Waals surface area contributed by atoms with Crippen molar-refractivity contribution in [2.75, 3.05) is 18.5 Å². The Morgan fingerprint density at radius 3 is 3.11 bits per heavy atom. The molecule has 18 heavy (non-hydrogen) atoms. The third kappa shape index (κ3) is 4.13. The molecule has 0 aliphatic carbocycles. The molecule has 96 valence electrons. The molecule has 2 aromatic heterocycles. The fourth-order valence-electron chi connectivity index (χ4n) is 1.68. The lowest BCUT2D eigenvalue weighted by Gasteiger charge is -2.06. The van der Waals surface area contributed by atoms with E-state index < -0.39 is 0 Å². The maximum atomic E-state index is 5.64. The standard InChI is InChI=1S/C14H18N2OS/c1-2-15-12-5-7-16-13(10-12)11-17-8-6-14-4-3-9-18-14/h3-5,7,9-10H,2,6,8,11H2,1H3,(H,15,16). The summed E-state index contributed by atoms with van der Waals surface area (Å²) in [5, 5.41) is 5.36. The van der Waals surface area contributed by atoms with Crippen molar-refractivity contribution in [1.29, 1.82) is 0 Å². The molecule has 0 aliphatic rings. The second kappa shape index (κ2) is 7.13. The number of nitrogens with one attached hydrogen (secondary N) is 1. The molecule has 0 aliphatic heterocycles. The zero-order valence-corrected chi connectivity index (χ0v) is 11.4. The number of hydrogen-bond donors (Lipinski definition) is 1. The summed E-state index contributed by atoms with van der Waals surface area (Å²) in [6.07, 6.45) is 2.79. The number of hydrogen-bond acceptors (Lipinski definition) is 4. The number of pyridine rings is 1. The maximum absolute atomic E-state index is 5.64. The van der Waals surface area contributed by atoms with Crippen molar-refractivity contribution in [2.45, 2.75) is 20.0 Å². The fourth-order valence-corrected chi connectivity index (χ4v) is 2.37. The quantitative estimate of drug-likeness (QED) is 0.777. The van der Waals surface area contributed by atoms with Crippen molar-refractivity contribution in [3.63, 3.8) is 0 Å². The summed E-state index contributed by atoms with van der Waals surface area (Å²) in [5.41, 5.74) is 2.07. The largest absolute Gasteiger partial charge is 0.385 e. The molecule has 4 heteroatoms. The van der Waals surface area contributed by atoms with Crippen molar-refractivity contribution < 1.29 is 4.74 Å². The highest BCUT2D eigenvalue weighted by Crippen LogP contribution is 2.11. The summed E-state index contributed by atoms with van der Waals surface area (Å²) in [4.78, 5) is 5.66. The Labute approximate surface area is 112 Å². The van der Waals surface area contributed by atoms with Crippen LogP contribution in [0, 0.1) is 0 Å². The molecular weight excluding hydrogens is 244 g/mol. The molecule has 0 amide bonds. The molecule has 0 radical (unpaired) electrons. The first kappa shape index (κ1) is 13.1. The van der Waals surface area contributed by atoms with Crippen LogP contribution in [0.25, 0.3) is 0 Å². The molecule has 0 fully saturated rings. The smallest absolute Gasteiger partial charge is 0.0888 e. The molecule has 0 aromatic carbocycles. The Kier molecular flexibility index (Phi) is 5.17. The summed E-state index contributed by atoms with van der Waals surface area (Å²) in [5.74, 6) is 0. The molecule has 0 spiro atoms. The van der Waals surface area contributed by atoms with Gasteiger partial charge in [0.25, 0.3) is 0 Å². The SMILES string of the molecule is CCNc1ccnc(COCCc2cccs2)c1. The van der Waals surface area contributed by atoms with Crippen molar-refractivity contribution in [1.82, 2.24) is 4.98 Å². The lowest BCUT2D eigenvalue weighted by atomic mass is 10.3. The molecule has 0 bridgehead atoms.